The Bertz CT molecular complexity index is 233. The molecule has 2 nitrogen and oxygen atoms in total. The Morgan fingerprint density at radius 3 is 3.08 bits per heavy atom. The Morgan fingerprint density at radius 2 is 2.50 bits per heavy atom. The summed E-state index contributed by atoms with van der Waals surface area (Å²) in [5, 5.41) is 4.81. The molecule has 0 radical (unpaired) electrons. The smallest absolute Gasteiger partial charge is 0.221 e. The molecule has 66 valence electrons. The van der Waals surface area contributed by atoms with Gasteiger partial charge in [-0.25, -0.2) is 0 Å². The van der Waals surface area contributed by atoms with Gasteiger partial charge in [0, 0.05) is 11.3 Å². The summed E-state index contributed by atoms with van der Waals surface area (Å²) in [4.78, 5) is 12.2. The van der Waals surface area contributed by atoms with E-state index in [1.165, 1.54) is 4.88 Å². The van der Waals surface area contributed by atoms with Crippen molar-refractivity contribution in [1.82, 2.24) is 5.32 Å². The molecular weight excluding hydrogens is 190 g/mol. The topological polar surface area (TPSA) is 29.1 Å². The molecule has 0 atom stereocenters. The predicted octanol–water partition coefficient (Wildman–Crippen LogP) is 1.68. The zero-order chi connectivity index (χ0) is 8.81. The fraction of sp³-hybridized carbons (Fsp3) is 0.375. The maximum Gasteiger partial charge on any atom is 0.221 e. The van der Waals surface area contributed by atoms with Gasteiger partial charge in [0.15, 0.2) is 0 Å². The molecule has 0 aromatic carbocycles. The number of rotatable bonds is 4. The zero-order valence-electron chi connectivity index (χ0n) is 6.62. The lowest BCUT2D eigenvalue weighted by molar-refractivity contribution is -0.120. The van der Waals surface area contributed by atoms with Crippen LogP contribution in [0.15, 0.2) is 17.5 Å². The highest BCUT2D eigenvalue weighted by Gasteiger charge is 1.98. The summed E-state index contributed by atoms with van der Waals surface area (Å²) in [6.07, 6.45) is 0.495. The quantitative estimate of drug-likeness (QED) is 0.713. The van der Waals surface area contributed by atoms with Crippen LogP contribution in [0.5, 0.6) is 0 Å². The van der Waals surface area contributed by atoms with Gasteiger partial charge >= 0.3 is 0 Å². The number of hydrogen-bond acceptors (Lipinski definition) is 3. The number of nitrogens with one attached hydrogen (secondary N) is 1. The van der Waals surface area contributed by atoms with Gasteiger partial charge in [0.2, 0.25) is 5.91 Å². The van der Waals surface area contributed by atoms with Crippen LogP contribution in [-0.2, 0) is 11.3 Å². The normalized spacial score (nSPS) is 9.75. The summed E-state index contributed by atoms with van der Waals surface area (Å²) < 4.78 is 0. The van der Waals surface area contributed by atoms with Gasteiger partial charge < -0.3 is 5.32 Å². The monoisotopic (exact) mass is 201 g/mol. The molecule has 1 amide bonds. The summed E-state index contributed by atoms with van der Waals surface area (Å²) in [6.45, 7) is 0.643. The van der Waals surface area contributed by atoms with Crippen molar-refractivity contribution >= 4 is 29.9 Å². The number of thiol groups is 1. The van der Waals surface area contributed by atoms with Gasteiger partial charge in [0.05, 0.1) is 6.54 Å². The molecule has 1 aromatic heterocycles. The lowest BCUT2D eigenvalue weighted by Gasteiger charge is -2.00. The molecular formula is C8H11NOS2. The van der Waals surface area contributed by atoms with Gasteiger partial charge in [-0.15, -0.1) is 11.3 Å². The largest absolute Gasteiger partial charge is 0.351 e. The minimum atomic E-state index is 0.0680. The number of thiophene rings is 1. The van der Waals surface area contributed by atoms with Crippen molar-refractivity contribution < 1.29 is 4.79 Å². The highest BCUT2D eigenvalue weighted by molar-refractivity contribution is 7.80. The highest BCUT2D eigenvalue weighted by atomic mass is 32.1. The first kappa shape index (κ1) is 9.61. The van der Waals surface area contributed by atoms with Gasteiger partial charge in [-0.05, 0) is 17.2 Å². The summed E-state index contributed by atoms with van der Waals surface area (Å²) >= 11 is 5.62. The minimum absolute atomic E-state index is 0.0680. The van der Waals surface area contributed by atoms with Gasteiger partial charge in [-0.1, -0.05) is 6.07 Å². The van der Waals surface area contributed by atoms with E-state index in [9.17, 15) is 4.79 Å². The van der Waals surface area contributed by atoms with Crippen LogP contribution >= 0.6 is 24.0 Å². The number of carbonyl (C=O) groups is 1. The summed E-state index contributed by atoms with van der Waals surface area (Å²) in [5.74, 6) is 0.675. The van der Waals surface area contributed by atoms with Crippen LogP contribution in [0.25, 0.3) is 0 Å². The van der Waals surface area contributed by atoms with Gasteiger partial charge in [0.1, 0.15) is 0 Å². The zero-order valence-corrected chi connectivity index (χ0v) is 8.33. The Morgan fingerprint density at radius 1 is 1.67 bits per heavy atom. The molecule has 1 aromatic rings. The summed E-state index contributed by atoms with van der Waals surface area (Å²) in [7, 11) is 0. The lowest BCUT2D eigenvalue weighted by Crippen LogP contribution is -2.22. The molecule has 0 fully saturated rings. The van der Waals surface area contributed by atoms with Crippen molar-refractivity contribution in [3.05, 3.63) is 22.4 Å². The van der Waals surface area contributed by atoms with Crippen molar-refractivity contribution in [3.63, 3.8) is 0 Å². The first-order valence-corrected chi connectivity index (χ1v) is 5.24. The van der Waals surface area contributed by atoms with Crippen molar-refractivity contribution in [3.8, 4) is 0 Å². The number of amides is 1. The van der Waals surface area contributed by atoms with Crippen LogP contribution in [0.4, 0.5) is 0 Å². The number of hydrogen-bond donors (Lipinski definition) is 2. The molecule has 0 aliphatic heterocycles. The van der Waals surface area contributed by atoms with Crippen LogP contribution in [0, 0.1) is 0 Å². The third-order valence-corrected chi connectivity index (χ3v) is 2.48. The molecule has 0 aliphatic carbocycles. The van der Waals surface area contributed by atoms with Crippen LogP contribution in [-0.4, -0.2) is 11.7 Å². The third-order valence-electron chi connectivity index (χ3n) is 1.38. The predicted molar refractivity (Wildman–Crippen MR) is 54.6 cm³/mol. The summed E-state index contributed by atoms with van der Waals surface area (Å²) in [6, 6.07) is 3.98. The Hall–Kier alpha value is -0.480. The van der Waals surface area contributed by atoms with Crippen LogP contribution in [0.3, 0.4) is 0 Å². The van der Waals surface area contributed by atoms with E-state index in [1.54, 1.807) is 11.3 Å². The van der Waals surface area contributed by atoms with E-state index in [-0.39, 0.29) is 5.91 Å². The van der Waals surface area contributed by atoms with E-state index in [4.69, 9.17) is 0 Å². The molecule has 1 rings (SSSR count). The van der Waals surface area contributed by atoms with Crippen LogP contribution in [0.1, 0.15) is 11.3 Å². The fourth-order valence-corrected chi connectivity index (χ4v) is 1.64. The molecule has 0 spiro atoms. The van der Waals surface area contributed by atoms with Crippen molar-refractivity contribution in [2.45, 2.75) is 13.0 Å². The first-order valence-electron chi connectivity index (χ1n) is 3.73. The van der Waals surface area contributed by atoms with E-state index in [2.05, 4.69) is 17.9 Å². The molecule has 4 heteroatoms. The SMILES string of the molecule is O=C(CCS)NCc1cccs1. The van der Waals surface area contributed by atoms with E-state index < -0.39 is 0 Å². The Balaban J connectivity index is 2.22. The lowest BCUT2D eigenvalue weighted by atomic mass is 10.4. The van der Waals surface area contributed by atoms with Crippen molar-refractivity contribution in [1.29, 1.82) is 0 Å². The molecule has 0 saturated carbocycles. The second kappa shape index (κ2) is 5.22. The minimum Gasteiger partial charge on any atom is -0.351 e. The average molecular weight is 201 g/mol. The van der Waals surface area contributed by atoms with E-state index in [1.807, 2.05) is 17.5 Å². The molecule has 0 bridgehead atoms. The Labute approximate surface area is 81.4 Å². The van der Waals surface area contributed by atoms with Gasteiger partial charge in [-0.3, -0.25) is 4.79 Å². The molecule has 0 unspecified atom stereocenters. The molecule has 0 aliphatic rings. The van der Waals surface area contributed by atoms with Crippen LogP contribution in [0.2, 0.25) is 0 Å². The van der Waals surface area contributed by atoms with E-state index in [0.29, 0.717) is 18.7 Å². The number of carbonyl (C=O) groups excluding carboxylic acids is 1. The maximum atomic E-state index is 11.0. The fourth-order valence-electron chi connectivity index (χ4n) is 0.789. The third kappa shape index (κ3) is 3.28. The van der Waals surface area contributed by atoms with Gasteiger partial charge in [-0.2, -0.15) is 12.6 Å². The Kier molecular flexibility index (Phi) is 4.18. The van der Waals surface area contributed by atoms with Crippen LogP contribution < -0.4 is 5.32 Å². The van der Waals surface area contributed by atoms with Gasteiger partial charge in [0.25, 0.3) is 0 Å². The molecule has 1 N–H and O–H groups in total. The van der Waals surface area contributed by atoms with E-state index >= 15 is 0 Å². The average Bonchev–Trinajstić information content (AvgIpc) is 2.53. The van der Waals surface area contributed by atoms with Crippen molar-refractivity contribution in [2.24, 2.45) is 0 Å². The van der Waals surface area contributed by atoms with Crippen molar-refractivity contribution in [2.75, 3.05) is 5.75 Å². The highest BCUT2D eigenvalue weighted by Crippen LogP contribution is 2.07. The molecule has 0 saturated heterocycles. The second-order valence-electron chi connectivity index (χ2n) is 2.33. The standard InChI is InChI=1S/C8H11NOS2/c10-8(3-4-11)9-6-7-2-1-5-12-7/h1-2,5,11H,3-4,6H2,(H,9,10). The first-order chi connectivity index (χ1) is 5.83. The second-order valence-corrected chi connectivity index (χ2v) is 3.81. The molecule has 1 heterocycles. The van der Waals surface area contributed by atoms with E-state index in [0.717, 1.165) is 0 Å². The molecule has 12 heavy (non-hydrogen) atoms. The maximum absolute atomic E-state index is 11.0. The summed E-state index contributed by atoms with van der Waals surface area (Å²) in [5.41, 5.74) is 0.